The molecule has 5 heteroatoms. The van der Waals surface area contributed by atoms with Gasteiger partial charge in [-0.25, -0.2) is 0 Å². The van der Waals surface area contributed by atoms with Crippen LogP contribution in [0.25, 0.3) is 94.0 Å². The van der Waals surface area contributed by atoms with Gasteiger partial charge < -0.3 is 4.42 Å². The first-order chi connectivity index (χ1) is 34.0. The van der Waals surface area contributed by atoms with E-state index in [1.54, 1.807) is 0 Å². The molecule has 12 aromatic rings. The predicted octanol–water partition coefficient (Wildman–Crippen LogP) is 14.6. The SMILES string of the molecule is [2H]C(C)(C)c1cc2[n+](cc1[Si](C)(C)C)C1(c3ccccc3-2)c2ccc3c(oc4cc(Cc5ccccc5)ccc43)c2-c2n(-c3c(-c4ccccc4)ccc4ccccc34)c3ccc4ccccc4c3[n+]21. The number of fused-ring (bicyclic) bond motifs is 19. The molecular formula is C64H51N3OSi+2. The van der Waals surface area contributed by atoms with Crippen LogP contribution in [0.1, 0.15) is 48.9 Å². The first-order valence-corrected chi connectivity index (χ1v) is 27.8. The van der Waals surface area contributed by atoms with Gasteiger partial charge in [0.05, 0.1) is 24.8 Å². The second-order valence-electron chi connectivity index (χ2n) is 20.5. The Hall–Kier alpha value is -7.86. The van der Waals surface area contributed by atoms with E-state index in [1.807, 2.05) is 0 Å². The average molecular weight is 907 g/mol. The molecule has 1 atom stereocenters. The molecule has 0 radical (unpaired) electrons. The smallest absolute Gasteiger partial charge is 0.364 e. The zero-order chi connectivity index (χ0) is 47.3. The lowest BCUT2D eigenvalue weighted by Crippen LogP contribution is -2.72. The molecule has 69 heavy (non-hydrogen) atoms. The highest BCUT2D eigenvalue weighted by Crippen LogP contribution is 2.54. The van der Waals surface area contributed by atoms with Crippen LogP contribution in [0.3, 0.4) is 0 Å². The molecule has 0 bridgehead atoms. The van der Waals surface area contributed by atoms with Gasteiger partial charge in [0, 0.05) is 39.7 Å². The molecule has 14 rings (SSSR count). The zero-order valence-electron chi connectivity index (χ0n) is 40.5. The Morgan fingerprint density at radius 3 is 2.07 bits per heavy atom. The fourth-order valence-electron chi connectivity index (χ4n) is 12.2. The van der Waals surface area contributed by atoms with E-state index in [1.165, 1.54) is 54.5 Å². The van der Waals surface area contributed by atoms with Gasteiger partial charge in [-0.3, -0.25) is 0 Å². The Morgan fingerprint density at radius 1 is 0.609 bits per heavy atom. The third kappa shape index (κ3) is 5.56. The number of imidazole rings is 1. The quantitative estimate of drug-likeness (QED) is 0.121. The molecule has 0 aliphatic carbocycles. The maximum Gasteiger partial charge on any atom is 0.364 e. The van der Waals surface area contributed by atoms with Gasteiger partial charge in [-0.15, -0.1) is 9.13 Å². The highest BCUT2D eigenvalue weighted by atomic mass is 28.3. The van der Waals surface area contributed by atoms with Crippen molar-refractivity contribution in [2.45, 2.75) is 51.5 Å². The number of hydrogen-bond donors (Lipinski definition) is 0. The lowest BCUT2D eigenvalue weighted by Gasteiger charge is -2.25. The van der Waals surface area contributed by atoms with Gasteiger partial charge in [-0.1, -0.05) is 167 Å². The van der Waals surface area contributed by atoms with Gasteiger partial charge >= 0.3 is 11.5 Å². The Kier molecular flexibility index (Phi) is 8.27. The predicted molar refractivity (Wildman–Crippen MR) is 287 cm³/mol. The van der Waals surface area contributed by atoms with Crippen LogP contribution in [0.5, 0.6) is 0 Å². The molecule has 0 saturated heterocycles. The largest absolute Gasteiger partial charge is 0.455 e. The van der Waals surface area contributed by atoms with E-state index in [0.717, 1.165) is 78.9 Å². The Bertz CT molecular complexity index is 4180. The van der Waals surface area contributed by atoms with E-state index in [0.29, 0.717) is 0 Å². The standard InChI is InChI=1S/C64H51N3OSi/c1-40(2)52-38-56-51-26-16-17-27-53(51)64(65(56)39-58(52)69(3,4)5)54-34-33-50-49-31-28-42(36-41-18-8-6-9-19-41)37-57(49)68-62(50)59(54)63-66(55-35-30-45-23-13-15-25-47(45)61(55)67(63)64)60-46-24-14-12-22-44(46)29-32-48(60)43-20-10-7-11-21-43/h6-35,37-40H,36H2,1-5H3/q+2/i40D. The number of rotatable bonds is 6. The van der Waals surface area contributed by atoms with Gasteiger partial charge in [-0.2, -0.15) is 4.57 Å². The van der Waals surface area contributed by atoms with Gasteiger partial charge in [-0.05, 0) is 99.9 Å². The van der Waals surface area contributed by atoms with Crippen LogP contribution in [0.4, 0.5) is 0 Å². The van der Waals surface area contributed by atoms with Gasteiger partial charge in [0.1, 0.15) is 16.8 Å². The fourth-order valence-corrected chi connectivity index (χ4v) is 13.9. The molecule has 0 amide bonds. The van der Waals surface area contributed by atoms with Crippen molar-refractivity contribution >= 4 is 67.8 Å². The van der Waals surface area contributed by atoms with Crippen LogP contribution in [-0.2, 0) is 12.1 Å². The molecule has 0 saturated carbocycles. The third-order valence-corrected chi connectivity index (χ3v) is 17.2. The summed E-state index contributed by atoms with van der Waals surface area (Å²) in [5.74, 6) is 0.259. The molecule has 0 N–H and O–H groups in total. The van der Waals surface area contributed by atoms with Crippen molar-refractivity contribution < 1.29 is 14.9 Å². The summed E-state index contributed by atoms with van der Waals surface area (Å²) in [5, 5.41) is 8.21. The average Bonchev–Trinajstić information content (AvgIpc) is 4.09. The summed E-state index contributed by atoms with van der Waals surface area (Å²) >= 11 is 0. The van der Waals surface area contributed by atoms with Crippen molar-refractivity contribution in [3.63, 3.8) is 0 Å². The molecule has 3 aromatic heterocycles. The number of aromatic nitrogens is 3. The number of furan rings is 1. The number of nitrogens with zero attached hydrogens (tertiary/aromatic N) is 3. The Morgan fingerprint density at radius 2 is 1.29 bits per heavy atom. The minimum absolute atomic E-state index is 0.810. The normalized spacial score (nSPS) is 15.3. The molecule has 5 heterocycles. The number of benzene rings is 9. The molecule has 330 valence electrons. The number of hydrogen-bond acceptors (Lipinski definition) is 1. The van der Waals surface area contributed by atoms with E-state index >= 15 is 0 Å². The summed E-state index contributed by atoms with van der Waals surface area (Å²) in [6, 6.07) is 71.5. The number of pyridine rings is 1. The minimum Gasteiger partial charge on any atom is -0.455 e. The Labute approximate surface area is 404 Å². The van der Waals surface area contributed by atoms with Gasteiger partial charge in [0.15, 0.2) is 22.8 Å². The molecule has 2 aliphatic rings. The van der Waals surface area contributed by atoms with Crippen molar-refractivity contribution in [2.75, 3.05) is 0 Å². The monoisotopic (exact) mass is 906 g/mol. The van der Waals surface area contributed by atoms with Gasteiger partial charge in [0.2, 0.25) is 5.69 Å². The summed E-state index contributed by atoms with van der Waals surface area (Å²) in [7, 11) is -2.08. The molecule has 9 aromatic carbocycles. The van der Waals surface area contributed by atoms with Crippen LogP contribution in [0, 0.1) is 0 Å². The molecule has 0 fully saturated rings. The van der Waals surface area contributed by atoms with E-state index in [-0.39, 0.29) is 0 Å². The fraction of sp³-hybridized carbons (Fsp3) is 0.125. The van der Waals surface area contributed by atoms with Crippen molar-refractivity contribution in [3.05, 3.63) is 228 Å². The maximum atomic E-state index is 9.64. The lowest BCUT2D eigenvalue weighted by molar-refractivity contribution is -0.944. The summed E-state index contributed by atoms with van der Waals surface area (Å²) in [5.41, 5.74) is 15.9. The lowest BCUT2D eigenvalue weighted by atomic mass is 9.88. The van der Waals surface area contributed by atoms with Crippen molar-refractivity contribution in [1.29, 1.82) is 0 Å². The summed E-state index contributed by atoms with van der Waals surface area (Å²) in [4.78, 5) is 0. The molecule has 1 spiro atoms. The third-order valence-electron chi connectivity index (χ3n) is 15.2. The molecule has 1 unspecified atom stereocenters. The first kappa shape index (κ1) is 39.2. The summed E-state index contributed by atoms with van der Waals surface area (Å²) < 4.78 is 25.0. The maximum absolute atomic E-state index is 9.64. The molecule has 2 aliphatic heterocycles. The van der Waals surface area contributed by atoms with Crippen LogP contribution < -0.4 is 14.3 Å². The first-order valence-electron chi connectivity index (χ1n) is 24.8. The topological polar surface area (TPSA) is 25.8 Å². The van der Waals surface area contributed by atoms with E-state index in [4.69, 9.17) is 4.42 Å². The Balaban J connectivity index is 1.22. The zero-order valence-corrected chi connectivity index (χ0v) is 40.5. The van der Waals surface area contributed by atoms with Gasteiger partial charge in [0.25, 0.3) is 0 Å². The highest BCUT2D eigenvalue weighted by Gasteiger charge is 2.67. The summed E-state index contributed by atoms with van der Waals surface area (Å²) in [6.45, 7) is 11.4. The van der Waals surface area contributed by atoms with Crippen LogP contribution >= 0.6 is 0 Å². The van der Waals surface area contributed by atoms with Crippen LogP contribution in [-0.4, -0.2) is 12.6 Å². The van der Waals surface area contributed by atoms with E-state index < -0.39 is 19.6 Å². The second kappa shape index (κ2) is 14.6. The molecule has 4 nitrogen and oxygen atoms in total. The van der Waals surface area contributed by atoms with Crippen molar-refractivity contribution in [2.24, 2.45) is 0 Å². The van der Waals surface area contributed by atoms with Crippen molar-refractivity contribution in [1.82, 2.24) is 4.57 Å². The molecular weight excluding hydrogens is 855 g/mol. The minimum atomic E-state index is -2.08. The summed E-state index contributed by atoms with van der Waals surface area (Å²) in [6.07, 6.45) is 3.29. The van der Waals surface area contributed by atoms with E-state index in [9.17, 15) is 1.37 Å². The van der Waals surface area contributed by atoms with Crippen LogP contribution in [0.15, 0.2) is 205 Å². The van der Waals surface area contributed by atoms with E-state index in [2.05, 4.69) is 248 Å². The van der Waals surface area contributed by atoms with Crippen LogP contribution in [0.2, 0.25) is 19.6 Å². The second-order valence-corrected chi connectivity index (χ2v) is 25.5. The van der Waals surface area contributed by atoms with Crippen molar-refractivity contribution in [3.8, 4) is 39.5 Å². The highest BCUT2D eigenvalue weighted by molar-refractivity contribution is 6.89.